The van der Waals surface area contributed by atoms with Crippen LogP contribution in [0.25, 0.3) is 0 Å². The summed E-state index contributed by atoms with van der Waals surface area (Å²) < 4.78 is 0.981. The van der Waals surface area contributed by atoms with E-state index in [-0.39, 0.29) is 5.91 Å². The number of hydrogen-bond donors (Lipinski definition) is 1. The van der Waals surface area contributed by atoms with Crippen LogP contribution < -0.4 is 10.2 Å². The Kier molecular flexibility index (Phi) is 6.69. The molecule has 1 saturated heterocycles. The number of carbonyl (C=O) groups excluding carboxylic acids is 1. The van der Waals surface area contributed by atoms with Crippen molar-refractivity contribution in [3.8, 4) is 0 Å². The highest BCUT2D eigenvalue weighted by Gasteiger charge is 2.13. The summed E-state index contributed by atoms with van der Waals surface area (Å²) in [5.74, 6) is -0.0112. The van der Waals surface area contributed by atoms with Gasteiger partial charge in [0.05, 0.1) is 0 Å². The standard InChI is InChI=1S/C21H26BrN3O/c1-24-13-15-25(16-14-24)20-10-4-17(5-11-20)3-2-12-23-21(26)18-6-8-19(22)9-7-18/h4-11H,2-3,12-16H2,1H3,(H,23,26). The second kappa shape index (κ2) is 9.19. The fourth-order valence-electron chi connectivity index (χ4n) is 3.14. The van der Waals surface area contributed by atoms with Crippen LogP contribution in [0.5, 0.6) is 0 Å². The van der Waals surface area contributed by atoms with E-state index in [2.05, 4.69) is 62.4 Å². The van der Waals surface area contributed by atoms with Crippen LogP contribution in [0.1, 0.15) is 22.3 Å². The predicted molar refractivity (Wildman–Crippen MR) is 111 cm³/mol. The molecule has 26 heavy (non-hydrogen) atoms. The van der Waals surface area contributed by atoms with Gasteiger partial charge in [0.25, 0.3) is 5.91 Å². The molecule has 1 aliphatic rings. The number of halogens is 1. The number of nitrogens with one attached hydrogen (secondary N) is 1. The van der Waals surface area contributed by atoms with Crippen molar-refractivity contribution in [3.05, 3.63) is 64.1 Å². The van der Waals surface area contributed by atoms with Gasteiger partial charge in [0, 0.05) is 48.4 Å². The lowest BCUT2D eigenvalue weighted by atomic mass is 10.1. The van der Waals surface area contributed by atoms with Crippen LogP contribution in [0.15, 0.2) is 53.0 Å². The van der Waals surface area contributed by atoms with Crippen LogP contribution in [-0.4, -0.2) is 50.6 Å². The van der Waals surface area contributed by atoms with Gasteiger partial charge in [-0.15, -0.1) is 0 Å². The second-order valence-corrected chi connectivity index (χ2v) is 7.74. The summed E-state index contributed by atoms with van der Waals surface area (Å²) in [6.07, 6.45) is 1.92. The average molecular weight is 416 g/mol. The first kappa shape index (κ1) is 18.9. The molecule has 0 radical (unpaired) electrons. The van der Waals surface area contributed by atoms with E-state index in [9.17, 15) is 4.79 Å². The third kappa shape index (κ3) is 5.32. The molecule has 1 heterocycles. The number of nitrogens with zero attached hydrogens (tertiary/aromatic N) is 2. The summed E-state index contributed by atoms with van der Waals surface area (Å²) >= 11 is 3.38. The van der Waals surface area contributed by atoms with Crippen LogP contribution >= 0.6 is 15.9 Å². The quantitative estimate of drug-likeness (QED) is 0.732. The molecule has 138 valence electrons. The number of anilines is 1. The molecule has 0 atom stereocenters. The molecule has 0 bridgehead atoms. The van der Waals surface area contributed by atoms with Crippen LogP contribution in [-0.2, 0) is 6.42 Å². The van der Waals surface area contributed by atoms with E-state index >= 15 is 0 Å². The van der Waals surface area contributed by atoms with E-state index in [4.69, 9.17) is 0 Å². The molecule has 0 saturated carbocycles. The Bertz CT molecular complexity index is 707. The molecule has 0 aliphatic carbocycles. The van der Waals surface area contributed by atoms with Gasteiger partial charge in [-0.25, -0.2) is 0 Å². The lowest BCUT2D eigenvalue weighted by molar-refractivity contribution is 0.0953. The summed E-state index contributed by atoms with van der Waals surface area (Å²) in [6.45, 7) is 5.13. The molecule has 5 heteroatoms. The van der Waals surface area contributed by atoms with Crippen molar-refractivity contribution in [2.24, 2.45) is 0 Å². The molecule has 1 aliphatic heterocycles. The molecule has 0 unspecified atom stereocenters. The molecular formula is C21H26BrN3O. The number of piperazine rings is 1. The number of amides is 1. The zero-order valence-electron chi connectivity index (χ0n) is 15.2. The number of likely N-dealkylation sites (N-methyl/N-ethyl adjacent to an activating group) is 1. The Morgan fingerprint density at radius 2 is 1.65 bits per heavy atom. The SMILES string of the molecule is CN1CCN(c2ccc(CCCNC(=O)c3ccc(Br)cc3)cc2)CC1. The summed E-state index contributed by atoms with van der Waals surface area (Å²) in [6, 6.07) is 16.3. The van der Waals surface area contributed by atoms with Crippen molar-refractivity contribution < 1.29 is 4.79 Å². The van der Waals surface area contributed by atoms with E-state index in [1.54, 1.807) is 0 Å². The number of benzene rings is 2. The van der Waals surface area contributed by atoms with Crippen molar-refractivity contribution in [1.29, 1.82) is 0 Å². The topological polar surface area (TPSA) is 35.6 Å². The molecule has 4 nitrogen and oxygen atoms in total. The van der Waals surface area contributed by atoms with Crippen LogP contribution in [0.4, 0.5) is 5.69 Å². The van der Waals surface area contributed by atoms with Crippen LogP contribution in [0, 0.1) is 0 Å². The second-order valence-electron chi connectivity index (χ2n) is 6.82. The first-order valence-corrected chi connectivity index (χ1v) is 9.97. The highest BCUT2D eigenvalue weighted by atomic mass is 79.9. The monoisotopic (exact) mass is 415 g/mol. The van der Waals surface area contributed by atoms with Crippen molar-refractivity contribution >= 4 is 27.5 Å². The Morgan fingerprint density at radius 3 is 2.31 bits per heavy atom. The third-order valence-electron chi connectivity index (χ3n) is 4.84. The van der Waals surface area contributed by atoms with Gasteiger partial charge < -0.3 is 15.1 Å². The largest absolute Gasteiger partial charge is 0.369 e. The highest BCUT2D eigenvalue weighted by molar-refractivity contribution is 9.10. The maximum Gasteiger partial charge on any atom is 0.251 e. The van der Waals surface area contributed by atoms with Gasteiger partial charge in [0.1, 0.15) is 0 Å². The maximum atomic E-state index is 12.1. The number of rotatable bonds is 6. The van der Waals surface area contributed by atoms with Gasteiger partial charge in [-0.2, -0.15) is 0 Å². The Labute approximate surface area is 164 Å². The lowest BCUT2D eigenvalue weighted by Gasteiger charge is -2.34. The normalized spacial score (nSPS) is 15.1. The molecule has 1 amide bonds. The molecule has 0 spiro atoms. The van der Waals surface area contributed by atoms with E-state index < -0.39 is 0 Å². The Balaban J connectivity index is 1.41. The summed E-state index contributed by atoms with van der Waals surface area (Å²) in [4.78, 5) is 16.9. The lowest BCUT2D eigenvalue weighted by Crippen LogP contribution is -2.44. The third-order valence-corrected chi connectivity index (χ3v) is 5.37. The fourth-order valence-corrected chi connectivity index (χ4v) is 3.40. The zero-order chi connectivity index (χ0) is 18.4. The van der Waals surface area contributed by atoms with Gasteiger partial charge in [-0.05, 0) is 61.9 Å². The first-order chi connectivity index (χ1) is 12.6. The predicted octanol–water partition coefficient (Wildman–Crippen LogP) is 3.56. The van der Waals surface area contributed by atoms with E-state index in [0.717, 1.165) is 43.5 Å². The first-order valence-electron chi connectivity index (χ1n) is 9.18. The minimum atomic E-state index is -0.0112. The van der Waals surface area contributed by atoms with Crippen molar-refractivity contribution in [1.82, 2.24) is 10.2 Å². The smallest absolute Gasteiger partial charge is 0.251 e. The van der Waals surface area contributed by atoms with Gasteiger partial charge in [0.15, 0.2) is 0 Å². The summed E-state index contributed by atoms with van der Waals surface area (Å²) in [5.41, 5.74) is 3.33. The molecule has 0 aromatic heterocycles. The molecule has 3 rings (SSSR count). The molecule has 2 aromatic carbocycles. The highest BCUT2D eigenvalue weighted by Crippen LogP contribution is 2.17. The van der Waals surface area contributed by atoms with Gasteiger partial charge in [-0.1, -0.05) is 28.1 Å². The minimum Gasteiger partial charge on any atom is -0.369 e. The fraction of sp³-hybridized carbons (Fsp3) is 0.381. The molecule has 1 N–H and O–H groups in total. The number of hydrogen-bond acceptors (Lipinski definition) is 3. The van der Waals surface area contributed by atoms with Gasteiger partial charge in [0.2, 0.25) is 0 Å². The van der Waals surface area contributed by atoms with E-state index in [0.29, 0.717) is 12.1 Å². The summed E-state index contributed by atoms with van der Waals surface area (Å²) in [7, 11) is 2.18. The van der Waals surface area contributed by atoms with E-state index in [1.165, 1.54) is 11.3 Å². The number of aryl methyl sites for hydroxylation is 1. The average Bonchev–Trinajstić information content (AvgIpc) is 2.67. The Hall–Kier alpha value is -1.85. The van der Waals surface area contributed by atoms with Crippen molar-refractivity contribution in [2.45, 2.75) is 12.8 Å². The maximum absolute atomic E-state index is 12.1. The molecule has 2 aromatic rings. The van der Waals surface area contributed by atoms with Crippen LogP contribution in [0.3, 0.4) is 0 Å². The number of carbonyl (C=O) groups is 1. The van der Waals surface area contributed by atoms with Gasteiger partial charge in [-0.3, -0.25) is 4.79 Å². The molecule has 1 fully saturated rings. The molecular weight excluding hydrogens is 390 g/mol. The minimum absolute atomic E-state index is 0.0112. The van der Waals surface area contributed by atoms with Crippen molar-refractivity contribution in [3.63, 3.8) is 0 Å². The zero-order valence-corrected chi connectivity index (χ0v) is 16.8. The Morgan fingerprint density at radius 1 is 1.00 bits per heavy atom. The summed E-state index contributed by atoms with van der Waals surface area (Å²) in [5, 5.41) is 2.99. The van der Waals surface area contributed by atoms with E-state index in [1.807, 2.05) is 24.3 Å². The van der Waals surface area contributed by atoms with Crippen LogP contribution in [0.2, 0.25) is 0 Å². The van der Waals surface area contributed by atoms with Crippen molar-refractivity contribution in [2.75, 3.05) is 44.7 Å². The van der Waals surface area contributed by atoms with Gasteiger partial charge >= 0.3 is 0 Å².